The fourth-order valence-corrected chi connectivity index (χ4v) is 12.9. The average molecular weight is 1190 g/mol. The van der Waals surface area contributed by atoms with Gasteiger partial charge in [-0.1, -0.05) is 425 Å². The molecule has 0 saturated heterocycles. The van der Waals surface area contributed by atoms with Crippen LogP contribution in [0, 0.1) is 0 Å². The number of carbonyl (C=O) groups excluding carboxylic acids is 2. The molecule has 85 heavy (non-hydrogen) atoms. The third-order valence-corrected chi connectivity index (χ3v) is 18.9. The molecule has 5 heteroatoms. The summed E-state index contributed by atoms with van der Waals surface area (Å²) in [7, 11) is 0. The van der Waals surface area contributed by atoms with Gasteiger partial charge in [-0.05, 0) is 37.5 Å². The van der Waals surface area contributed by atoms with E-state index in [4.69, 9.17) is 4.74 Å². The number of hydrogen-bond donors (Lipinski definition) is 2. The molecular weight excluding hydrogens is 1040 g/mol. The minimum Gasteiger partial charge on any atom is -0.493 e. The average Bonchev–Trinajstić information content (AvgIpc) is 3.55. The van der Waals surface area contributed by atoms with E-state index in [1.807, 2.05) is 18.2 Å². The van der Waals surface area contributed by atoms with Gasteiger partial charge in [0.2, 0.25) is 0 Å². The Morgan fingerprint density at radius 1 is 0.259 bits per heavy atom. The first-order valence-electron chi connectivity index (χ1n) is 39.5. The molecule has 5 nitrogen and oxygen atoms in total. The zero-order chi connectivity index (χ0) is 60.9. The van der Waals surface area contributed by atoms with Crippen molar-refractivity contribution in [1.82, 2.24) is 10.6 Å². The summed E-state index contributed by atoms with van der Waals surface area (Å²) >= 11 is 0. The van der Waals surface area contributed by atoms with E-state index < -0.39 is 0 Å². The fraction of sp³-hybridized carbons (Fsp3) is 0.900. The first-order valence-corrected chi connectivity index (χ1v) is 39.5. The van der Waals surface area contributed by atoms with Crippen molar-refractivity contribution in [2.45, 2.75) is 445 Å². The fourth-order valence-electron chi connectivity index (χ4n) is 12.9. The number of hydrogen-bond acceptors (Lipinski definition) is 3. The number of nitrogens with one attached hydrogen (secondary N) is 2. The van der Waals surface area contributed by atoms with Crippen molar-refractivity contribution < 1.29 is 14.3 Å². The van der Waals surface area contributed by atoms with E-state index in [0.29, 0.717) is 36.6 Å². The molecule has 0 aromatic heterocycles. The van der Waals surface area contributed by atoms with Crippen molar-refractivity contribution in [2.24, 2.45) is 0 Å². The van der Waals surface area contributed by atoms with Crippen molar-refractivity contribution in [1.29, 1.82) is 0 Å². The SMILES string of the molecule is CCCCCCCCCCCCCCCCCCCCCCCCCCCCCNC(=O)c1ccc(C(=O)NCCCCCCCCCCCCCCCCCCCCCCCCCCCCC)c(OCCCCCCCCCCCCCC)c1. The Hall–Kier alpha value is -2.04. The van der Waals surface area contributed by atoms with E-state index in [-0.39, 0.29) is 11.8 Å². The van der Waals surface area contributed by atoms with Gasteiger partial charge in [0.25, 0.3) is 11.8 Å². The van der Waals surface area contributed by atoms with Gasteiger partial charge in [0.05, 0.1) is 12.2 Å². The Labute approximate surface area is 533 Å². The molecule has 0 heterocycles. The van der Waals surface area contributed by atoms with Crippen LogP contribution in [0.1, 0.15) is 465 Å². The first-order chi connectivity index (χ1) is 42.1. The zero-order valence-electron chi connectivity index (χ0n) is 58.2. The van der Waals surface area contributed by atoms with Crippen LogP contribution in [-0.4, -0.2) is 31.5 Å². The third-order valence-electron chi connectivity index (χ3n) is 18.9. The maximum absolute atomic E-state index is 13.5. The van der Waals surface area contributed by atoms with Crippen molar-refractivity contribution in [3.63, 3.8) is 0 Å². The standard InChI is InChI=1S/C80H152N2O3/c1-4-7-10-13-16-19-22-25-27-29-31-33-35-37-39-41-43-45-47-49-51-53-55-58-61-64-67-72-81-79(83)76-70-71-77(78(75-76)85-74-69-66-63-60-57-24-21-18-15-12-9-6-3)80(84)82-73-68-65-62-59-56-54-52-50-48-46-44-42-40-38-36-34-32-30-28-26-23-20-17-14-11-8-5-2/h70-71,75H,4-69,72-74H2,1-3H3,(H,81,83)(H,82,84). The van der Waals surface area contributed by atoms with Crippen molar-refractivity contribution in [3.8, 4) is 5.75 Å². The van der Waals surface area contributed by atoms with Crippen LogP contribution in [0.5, 0.6) is 5.75 Å². The van der Waals surface area contributed by atoms with Crippen molar-refractivity contribution in [3.05, 3.63) is 29.3 Å². The van der Waals surface area contributed by atoms with Crippen LogP contribution in [-0.2, 0) is 0 Å². The van der Waals surface area contributed by atoms with Gasteiger partial charge >= 0.3 is 0 Å². The molecule has 0 aliphatic heterocycles. The number of rotatable bonds is 72. The molecule has 500 valence electrons. The van der Waals surface area contributed by atoms with Gasteiger partial charge in [0, 0.05) is 18.7 Å². The highest BCUT2D eigenvalue weighted by atomic mass is 16.5. The predicted octanol–water partition coefficient (Wildman–Crippen LogP) is 27.3. The quantitative estimate of drug-likeness (QED) is 0.0639. The molecule has 1 rings (SSSR count). The van der Waals surface area contributed by atoms with Crippen LogP contribution in [0.15, 0.2) is 18.2 Å². The Morgan fingerprint density at radius 3 is 0.694 bits per heavy atom. The molecule has 0 saturated carbocycles. The molecular formula is C80H152N2O3. The lowest BCUT2D eigenvalue weighted by atomic mass is 10.0. The Bertz CT molecular complexity index is 1480. The van der Waals surface area contributed by atoms with E-state index >= 15 is 0 Å². The number of unbranched alkanes of at least 4 members (excludes halogenated alkanes) is 63. The van der Waals surface area contributed by atoms with Crippen molar-refractivity contribution in [2.75, 3.05) is 19.7 Å². The van der Waals surface area contributed by atoms with Gasteiger partial charge in [-0.2, -0.15) is 0 Å². The van der Waals surface area contributed by atoms with E-state index in [2.05, 4.69) is 31.4 Å². The lowest BCUT2D eigenvalue weighted by Crippen LogP contribution is -2.26. The lowest BCUT2D eigenvalue weighted by molar-refractivity contribution is 0.0937. The molecule has 0 aliphatic rings. The van der Waals surface area contributed by atoms with E-state index in [1.54, 1.807) is 0 Å². The molecule has 0 bridgehead atoms. The zero-order valence-corrected chi connectivity index (χ0v) is 58.2. The highest BCUT2D eigenvalue weighted by Gasteiger charge is 2.16. The second-order valence-corrected chi connectivity index (χ2v) is 27.3. The maximum atomic E-state index is 13.5. The van der Waals surface area contributed by atoms with Crippen LogP contribution >= 0.6 is 0 Å². The highest BCUT2D eigenvalue weighted by molar-refractivity contribution is 6.00. The van der Waals surface area contributed by atoms with E-state index in [0.717, 1.165) is 38.5 Å². The van der Waals surface area contributed by atoms with Crippen LogP contribution in [0.3, 0.4) is 0 Å². The lowest BCUT2D eigenvalue weighted by Gasteiger charge is -2.14. The molecule has 0 atom stereocenters. The second-order valence-electron chi connectivity index (χ2n) is 27.3. The van der Waals surface area contributed by atoms with Crippen LogP contribution < -0.4 is 15.4 Å². The summed E-state index contributed by atoms with van der Waals surface area (Å²) in [5, 5.41) is 6.35. The summed E-state index contributed by atoms with van der Waals surface area (Å²) in [6, 6.07) is 5.43. The molecule has 0 spiro atoms. The monoisotopic (exact) mass is 1190 g/mol. The smallest absolute Gasteiger partial charge is 0.255 e. The summed E-state index contributed by atoms with van der Waals surface area (Å²) in [6.07, 6.45) is 91.0. The molecule has 2 N–H and O–H groups in total. The van der Waals surface area contributed by atoms with E-state index in [9.17, 15) is 9.59 Å². The van der Waals surface area contributed by atoms with Crippen LogP contribution in [0.2, 0.25) is 0 Å². The van der Waals surface area contributed by atoms with Crippen LogP contribution in [0.25, 0.3) is 0 Å². The van der Waals surface area contributed by atoms with Gasteiger partial charge < -0.3 is 15.4 Å². The van der Waals surface area contributed by atoms with Crippen molar-refractivity contribution >= 4 is 11.8 Å². The maximum Gasteiger partial charge on any atom is 0.255 e. The van der Waals surface area contributed by atoms with Gasteiger partial charge in [0.15, 0.2) is 0 Å². The number of benzene rings is 1. The Kier molecular flexibility index (Phi) is 66.1. The predicted molar refractivity (Wildman–Crippen MR) is 378 cm³/mol. The van der Waals surface area contributed by atoms with Gasteiger partial charge in [-0.15, -0.1) is 0 Å². The topological polar surface area (TPSA) is 67.4 Å². The molecule has 0 unspecified atom stereocenters. The summed E-state index contributed by atoms with van der Waals surface area (Å²) in [4.78, 5) is 26.9. The largest absolute Gasteiger partial charge is 0.493 e. The third kappa shape index (κ3) is 59.4. The highest BCUT2D eigenvalue weighted by Crippen LogP contribution is 2.24. The number of carbonyl (C=O) groups is 2. The minimum absolute atomic E-state index is 0.0716. The van der Waals surface area contributed by atoms with Crippen LogP contribution in [0.4, 0.5) is 0 Å². The molecule has 1 aromatic carbocycles. The van der Waals surface area contributed by atoms with Gasteiger partial charge in [0.1, 0.15) is 5.75 Å². The summed E-state index contributed by atoms with van der Waals surface area (Å²) in [5.74, 6) is 0.383. The second kappa shape index (κ2) is 69.4. The molecule has 0 fully saturated rings. The van der Waals surface area contributed by atoms with Gasteiger partial charge in [-0.3, -0.25) is 9.59 Å². The Balaban J connectivity index is 2.19. The Morgan fingerprint density at radius 2 is 0.459 bits per heavy atom. The molecule has 0 radical (unpaired) electrons. The summed E-state index contributed by atoms with van der Waals surface area (Å²) in [6.45, 7) is 8.84. The molecule has 1 aromatic rings. The molecule has 0 aliphatic carbocycles. The first kappa shape index (κ1) is 81.0. The van der Waals surface area contributed by atoms with E-state index in [1.165, 1.54) is 385 Å². The molecule has 2 amide bonds. The summed E-state index contributed by atoms with van der Waals surface area (Å²) in [5.41, 5.74) is 1.13. The summed E-state index contributed by atoms with van der Waals surface area (Å²) < 4.78 is 6.33. The number of ether oxygens (including phenoxy) is 1. The number of amides is 2. The van der Waals surface area contributed by atoms with Gasteiger partial charge in [-0.25, -0.2) is 0 Å². The minimum atomic E-state index is -0.0906. The normalized spacial score (nSPS) is 11.5.